The number of amides is 1. The Kier molecular flexibility index (Phi) is 5.66. The van der Waals surface area contributed by atoms with Gasteiger partial charge in [-0.1, -0.05) is 36.4 Å². The summed E-state index contributed by atoms with van der Waals surface area (Å²) in [4.78, 5) is 15.9. The van der Waals surface area contributed by atoms with Crippen LogP contribution in [0.25, 0.3) is 0 Å². The summed E-state index contributed by atoms with van der Waals surface area (Å²) < 4.78 is 5.74. The van der Waals surface area contributed by atoms with Gasteiger partial charge in [0.2, 0.25) is 5.91 Å². The molecule has 0 unspecified atom stereocenters. The maximum Gasteiger partial charge on any atom is 0.234 e. The summed E-state index contributed by atoms with van der Waals surface area (Å²) in [5, 5.41) is 5.25. The van der Waals surface area contributed by atoms with E-state index in [1.54, 1.807) is 11.3 Å². The highest BCUT2D eigenvalue weighted by Crippen LogP contribution is 2.25. The molecule has 2 heterocycles. The lowest BCUT2D eigenvalue weighted by atomic mass is 10.1. The number of ether oxygens (including phenoxy) is 1. The summed E-state index contributed by atoms with van der Waals surface area (Å²) in [5.74, 6) is 0.0542. The van der Waals surface area contributed by atoms with Crippen molar-refractivity contribution in [3.05, 3.63) is 58.3 Å². The molecule has 128 valence electrons. The van der Waals surface area contributed by atoms with Gasteiger partial charge in [-0.25, -0.2) is 0 Å². The number of nitrogens with zero attached hydrogens (tertiary/aromatic N) is 1. The average Bonchev–Trinajstić information content (AvgIpc) is 3.06. The number of carbonyl (C=O) groups is 1. The minimum absolute atomic E-state index is 0.0542. The third-order valence-corrected chi connectivity index (χ3v) is 5.07. The first-order chi connectivity index (χ1) is 11.6. The molecule has 4 nitrogen and oxygen atoms in total. The van der Waals surface area contributed by atoms with E-state index in [0.717, 1.165) is 23.5 Å². The van der Waals surface area contributed by atoms with Gasteiger partial charge in [0, 0.05) is 18.0 Å². The predicted molar refractivity (Wildman–Crippen MR) is 97.2 cm³/mol. The molecule has 1 aromatic heterocycles. The van der Waals surface area contributed by atoms with Gasteiger partial charge in [-0.05, 0) is 30.9 Å². The Balaban J connectivity index is 1.68. The largest absolute Gasteiger partial charge is 0.373 e. The Hall–Kier alpha value is -1.69. The smallest absolute Gasteiger partial charge is 0.234 e. The Morgan fingerprint density at radius 3 is 2.54 bits per heavy atom. The van der Waals surface area contributed by atoms with Gasteiger partial charge in [0.15, 0.2) is 0 Å². The van der Waals surface area contributed by atoms with Crippen LogP contribution in [-0.2, 0) is 9.53 Å². The van der Waals surface area contributed by atoms with Crippen LogP contribution in [0.4, 0.5) is 0 Å². The van der Waals surface area contributed by atoms with Gasteiger partial charge >= 0.3 is 0 Å². The number of carbonyl (C=O) groups excluding carboxylic acids is 1. The predicted octanol–water partition coefficient (Wildman–Crippen LogP) is 3.06. The fourth-order valence-electron chi connectivity index (χ4n) is 3.24. The third kappa shape index (κ3) is 4.44. The van der Waals surface area contributed by atoms with E-state index < -0.39 is 0 Å². The van der Waals surface area contributed by atoms with Crippen LogP contribution in [-0.4, -0.2) is 42.6 Å². The second-order valence-corrected chi connectivity index (χ2v) is 7.36. The highest BCUT2D eigenvalue weighted by molar-refractivity contribution is 7.10. The molecule has 1 fully saturated rings. The Bertz CT molecular complexity index is 635. The van der Waals surface area contributed by atoms with E-state index >= 15 is 0 Å². The molecule has 1 aromatic carbocycles. The molecule has 0 radical (unpaired) electrons. The van der Waals surface area contributed by atoms with Crippen LogP contribution in [0.2, 0.25) is 0 Å². The summed E-state index contributed by atoms with van der Waals surface area (Å²) >= 11 is 1.67. The molecule has 3 rings (SSSR count). The first-order valence-electron chi connectivity index (χ1n) is 8.37. The Labute approximate surface area is 147 Å². The van der Waals surface area contributed by atoms with E-state index in [0.29, 0.717) is 6.54 Å². The molecule has 24 heavy (non-hydrogen) atoms. The highest BCUT2D eigenvalue weighted by Gasteiger charge is 2.25. The maximum absolute atomic E-state index is 12.6. The van der Waals surface area contributed by atoms with Crippen LogP contribution < -0.4 is 5.32 Å². The average molecular weight is 344 g/mol. The second kappa shape index (κ2) is 7.92. The fraction of sp³-hybridized carbons (Fsp3) is 0.421. The molecule has 1 aliphatic heterocycles. The first kappa shape index (κ1) is 17.1. The zero-order valence-corrected chi connectivity index (χ0v) is 15.0. The summed E-state index contributed by atoms with van der Waals surface area (Å²) in [6, 6.07) is 14.1. The van der Waals surface area contributed by atoms with Gasteiger partial charge in [0.25, 0.3) is 0 Å². The second-order valence-electron chi connectivity index (χ2n) is 6.38. The Morgan fingerprint density at radius 1 is 1.21 bits per heavy atom. The lowest BCUT2D eigenvalue weighted by Gasteiger charge is -2.35. The van der Waals surface area contributed by atoms with Gasteiger partial charge in [-0.15, -0.1) is 11.3 Å². The molecule has 3 atom stereocenters. The van der Waals surface area contributed by atoms with Crippen LogP contribution in [0.5, 0.6) is 0 Å². The molecular weight excluding hydrogens is 320 g/mol. The summed E-state index contributed by atoms with van der Waals surface area (Å²) in [6.45, 7) is 6.12. The molecule has 2 aromatic rings. The highest BCUT2D eigenvalue weighted by atomic mass is 32.1. The van der Waals surface area contributed by atoms with Gasteiger partial charge in [-0.3, -0.25) is 9.69 Å². The number of benzene rings is 1. The van der Waals surface area contributed by atoms with Crippen molar-refractivity contribution < 1.29 is 9.53 Å². The minimum Gasteiger partial charge on any atom is -0.373 e. The van der Waals surface area contributed by atoms with E-state index in [4.69, 9.17) is 4.74 Å². The minimum atomic E-state index is -0.0883. The zero-order valence-electron chi connectivity index (χ0n) is 14.1. The zero-order chi connectivity index (χ0) is 16.9. The summed E-state index contributed by atoms with van der Waals surface area (Å²) in [6.07, 6.45) is 0.340. The van der Waals surface area contributed by atoms with Crippen molar-refractivity contribution in [1.82, 2.24) is 10.2 Å². The van der Waals surface area contributed by atoms with E-state index in [-0.39, 0.29) is 24.2 Å². The molecular formula is C19H24N2O2S. The molecule has 5 heteroatoms. The lowest BCUT2D eigenvalue weighted by Crippen LogP contribution is -2.49. The van der Waals surface area contributed by atoms with E-state index in [2.05, 4.69) is 42.3 Å². The van der Waals surface area contributed by atoms with Crippen molar-refractivity contribution in [3.8, 4) is 0 Å². The van der Waals surface area contributed by atoms with Crippen LogP contribution >= 0.6 is 11.3 Å². The van der Waals surface area contributed by atoms with Gasteiger partial charge in [-0.2, -0.15) is 0 Å². The SMILES string of the molecule is C[C@@H]1CN(CC(=O)N[C@@H](c2ccccc2)c2cccs2)C[C@@H](C)O1. The van der Waals surface area contributed by atoms with E-state index in [1.807, 2.05) is 29.6 Å². The van der Waals surface area contributed by atoms with Crippen molar-refractivity contribution in [2.45, 2.75) is 32.1 Å². The van der Waals surface area contributed by atoms with Crippen LogP contribution in [0, 0.1) is 0 Å². The number of morpholine rings is 1. The van der Waals surface area contributed by atoms with Gasteiger partial charge in [0.05, 0.1) is 24.8 Å². The molecule has 0 bridgehead atoms. The molecule has 1 saturated heterocycles. The number of hydrogen-bond donors (Lipinski definition) is 1. The van der Waals surface area contributed by atoms with Crippen molar-refractivity contribution >= 4 is 17.2 Å². The molecule has 0 aliphatic carbocycles. The molecule has 1 amide bonds. The topological polar surface area (TPSA) is 41.6 Å². The van der Waals surface area contributed by atoms with Crippen molar-refractivity contribution in [2.75, 3.05) is 19.6 Å². The number of rotatable bonds is 5. The quantitative estimate of drug-likeness (QED) is 0.906. The van der Waals surface area contributed by atoms with Crippen molar-refractivity contribution in [1.29, 1.82) is 0 Å². The molecule has 1 N–H and O–H groups in total. The van der Waals surface area contributed by atoms with Crippen LogP contribution in [0.15, 0.2) is 47.8 Å². The summed E-state index contributed by atoms with van der Waals surface area (Å²) in [7, 11) is 0. The maximum atomic E-state index is 12.6. The monoisotopic (exact) mass is 344 g/mol. The normalized spacial score (nSPS) is 22.9. The third-order valence-electron chi connectivity index (χ3n) is 4.13. The van der Waals surface area contributed by atoms with Crippen LogP contribution in [0.3, 0.4) is 0 Å². The van der Waals surface area contributed by atoms with Crippen molar-refractivity contribution in [2.24, 2.45) is 0 Å². The fourth-order valence-corrected chi connectivity index (χ4v) is 4.05. The van der Waals surface area contributed by atoms with E-state index in [1.165, 1.54) is 0 Å². The van der Waals surface area contributed by atoms with Crippen LogP contribution in [0.1, 0.15) is 30.3 Å². The van der Waals surface area contributed by atoms with Gasteiger partial charge in [0.1, 0.15) is 0 Å². The molecule has 1 aliphatic rings. The van der Waals surface area contributed by atoms with E-state index in [9.17, 15) is 4.79 Å². The molecule has 0 saturated carbocycles. The van der Waals surface area contributed by atoms with Crippen molar-refractivity contribution in [3.63, 3.8) is 0 Å². The number of thiophene rings is 1. The first-order valence-corrected chi connectivity index (χ1v) is 9.25. The van der Waals surface area contributed by atoms with Gasteiger partial charge < -0.3 is 10.1 Å². The number of hydrogen-bond acceptors (Lipinski definition) is 4. The Morgan fingerprint density at radius 2 is 1.92 bits per heavy atom. The number of nitrogens with one attached hydrogen (secondary N) is 1. The lowest BCUT2D eigenvalue weighted by molar-refractivity contribution is -0.126. The standard InChI is InChI=1S/C19H24N2O2S/c1-14-11-21(12-15(2)23-14)13-18(22)20-19(17-9-6-10-24-17)16-7-4-3-5-8-16/h3-10,14-15,19H,11-13H2,1-2H3,(H,20,22)/t14-,15-,19+/m1/s1. The summed E-state index contributed by atoms with van der Waals surface area (Å²) in [5.41, 5.74) is 1.11. The molecule has 0 spiro atoms.